The number of hydrogen-bond acceptors (Lipinski definition) is 3. The standard InChI is InChI=1S/C16H17FN2O2/c17-13-5-9(7-18)1-2-12(13)8-19-15-11-4-3-10(6-11)14(15)16(20)21/h1-2,5,10-11,14-15,19H,3-4,6,8H2,(H,20,21). The fraction of sp³-hybridized carbons (Fsp3) is 0.500. The van der Waals surface area contributed by atoms with Crippen molar-refractivity contribution in [3.8, 4) is 6.07 Å². The Morgan fingerprint density at radius 3 is 2.86 bits per heavy atom. The third kappa shape index (κ3) is 2.52. The van der Waals surface area contributed by atoms with Crippen LogP contribution in [-0.2, 0) is 11.3 Å². The quantitative estimate of drug-likeness (QED) is 0.891. The largest absolute Gasteiger partial charge is 0.481 e. The molecule has 2 aliphatic rings. The van der Waals surface area contributed by atoms with E-state index in [1.165, 1.54) is 6.07 Å². The molecule has 2 bridgehead atoms. The Balaban J connectivity index is 1.70. The van der Waals surface area contributed by atoms with E-state index in [0.29, 0.717) is 23.6 Å². The summed E-state index contributed by atoms with van der Waals surface area (Å²) in [7, 11) is 0. The minimum atomic E-state index is -0.750. The summed E-state index contributed by atoms with van der Waals surface area (Å²) in [4.78, 5) is 11.4. The second-order valence-electron chi connectivity index (χ2n) is 6.02. The lowest BCUT2D eigenvalue weighted by Crippen LogP contribution is -2.43. The lowest BCUT2D eigenvalue weighted by atomic mass is 9.84. The maximum absolute atomic E-state index is 13.8. The Hall–Kier alpha value is -1.93. The van der Waals surface area contributed by atoms with Gasteiger partial charge in [-0.1, -0.05) is 6.07 Å². The Bertz CT molecular complexity index is 611. The fourth-order valence-corrected chi connectivity index (χ4v) is 3.93. The average molecular weight is 288 g/mol. The van der Waals surface area contributed by atoms with E-state index < -0.39 is 11.8 Å². The zero-order valence-electron chi connectivity index (χ0n) is 11.6. The van der Waals surface area contributed by atoms with Crippen molar-refractivity contribution < 1.29 is 14.3 Å². The molecule has 0 saturated heterocycles. The van der Waals surface area contributed by atoms with Gasteiger partial charge in [-0.3, -0.25) is 4.79 Å². The molecule has 5 heteroatoms. The predicted molar refractivity (Wildman–Crippen MR) is 73.7 cm³/mol. The van der Waals surface area contributed by atoms with Crippen LogP contribution in [0.15, 0.2) is 18.2 Å². The van der Waals surface area contributed by atoms with Crippen LogP contribution in [0.3, 0.4) is 0 Å². The van der Waals surface area contributed by atoms with Crippen LogP contribution in [0.5, 0.6) is 0 Å². The molecular weight excluding hydrogens is 271 g/mol. The lowest BCUT2D eigenvalue weighted by Gasteiger charge is -2.29. The van der Waals surface area contributed by atoms with Gasteiger partial charge in [-0.05, 0) is 43.2 Å². The molecule has 4 unspecified atom stereocenters. The van der Waals surface area contributed by atoms with Crippen LogP contribution in [0, 0.1) is 34.9 Å². The Labute approximate surface area is 122 Å². The van der Waals surface area contributed by atoms with Crippen LogP contribution >= 0.6 is 0 Å². The molecule has 0 aliphatic heterocycles. The molecule has 0 amide bonds. The summed E-state index contributed by atoms with van der Waals surface area (Å²) < 4.78 is 13.8. The van der Waals surface area contributed by atoms with E-state index in [1.807, 2.05) is 6.07 Å². The molecule has 2 N–H and O–H groups in total. The zero-order chi connectivity index (χ0) is 15.0. The third-order valence-corrected chi connectivity index (χ3v) is 4.91. The molecule has 3 rings (SSSR count). The number of carboxylic acid groups (broad SMARTS) is 1. The number of halogens is 1. The summed E-state index contributed by atoms with van der Waals surface area (Å²) in [5.74, 6) is -0.880. The summed E-state index contributed by atoms with van der Waals surface area (Å²) in [5, 5.41) is 21.3. The molecular formula is C16H17FN2O2. The van der Waals surface area contributed by atoms with Gasteiger partial charge in [-0.25, -0.2) is 4.39 Å². The summed E-state index contributed by atoms with van der Waals surface area (Å²) in [6, 6.07) is 6.21. The zero-order valence-corrected chi connectivity index (χ0v) is 11.6. The fourth-order valence-electron chi connectivity index (χ4n) is 3.93. The number of nitriles is 1. The van der Waals surface area contributed by atoms with Gasteiger partial charge in [-0.15, -0.1) is 0 Å². The summed E-state index contributed by atoms with van der Waals surface area (Å²) >= 11 is 0. The number of benzene rings is 1. The summed E-state index contributed by atoms with van der Waals surface area (Å²) in [6.45, 7) is 0.301. The molecule has 110 valence electrons. The van der Waals surface area contributed by atoms with E-state index in [9.17, 15) is 14.3 Å². The smallest absolute Gasteiger partial charge is 0.308 e. The van der Waals surface area contributed by atoms with Gasteiger partial charge in [0.05, 0.1) is 17.6 Å². The second kappa shape index (κ2) is 5.45. The van der Waals surface area contributed by atoms with Crippen LogP contribution in [-0.4, -0.2) is 17.1 Å². The second-order valence-corrected chi connectivity index (χ2v) is 6.02. The van der Waals surface area contributed by atoms with Crippen molar-refractivity contribution in [1.82, 2.24) is 5.32 Å². The normalized spacial score (nSPS) is 30.3. The first-order valence-electron chi connectivity index (χ1n) is 7.25. The summed E-state index contributed by atoms with van der Waals surface area (Å²) in [5.41, 5.74) is 0.764. The minimum Gasteiger partial charge on any atom is -0.481 e. The van der Waals surface area contributed by atoms with E-state index >= 15 is 0 Å². The van der Waals surface area contributed by atoms with Gasteiger partial charge < -0.3 is 10.4 Å². The van der Waals surface area contributed by atoms with Gasteiger partial charge in [-0.2, -0.15) is 5.26 Å². The predicted octanol–water partition coefficient (Wildman–Crippen LogP) is 2.29. The van der Waals surface area contributed by atoms with Gasteiger partial charge in [0.1, 0.15) is 5.82 Å². The number of hydrogen-bond donors (Lipinski definition) is 2. The van der Waals surface area contributed by atoms with E-state index in [4.69, 9.17) is 5.26 Å². The Morgan fingerprint density at radius 2 is 2.19 bits per heavy atom. The van der Waals surface area contributed by atoms with Gasteiger partial charge in [0, 0.05) is 18.2 Å². The van der Waals surface area contributed by atoms with Crippen molar-refractivity contribution in [3.05, 3.63) is 35.1 Å². The van der Waals surface area contributed by atoms with E-state index in [2.05, 4.69) is 5.32 Å². The SMILES string of the molecule is N#Cc1ccc(CNC2C3CCC(C3)C2C(=O)O)c(F)c1. The highest BCUT2D eigenvalue weighted by Crippen LogP contribution is 2.48. The molecule has 0 aromatic heterocycles. The maximum Gasteiger partial charge on any atom is 0.308 e. The number of carboxylic acids is 1. The van der Waals surface area contributed by atoms with Crippen LogP contribution in [0.2, 0.25) is 0 Å². The first-order valence-corrected chi connectivity index (χ1v) is 7.25. The molecule has 21 heavy (non-hydrogen) atoms. The van der Waals surface area contributed by atoms with E-state index in [1.54, 1.807) is 12.1 Å². The number of nitrogens with one attached hydrogen (secondary N) is 1. The molecule has 4 atom stereocenters. The topological polar surface area (TPSA) is 73.1 Å². The molecule has 2 fully saturated rings. The van der Waals surface area contributed by atoms with Gasteiger partial charge in [0.2, 0.25) is 0 Å². The highest BCUT2D eigenvalue weighted by Gasteiger charge is 2.50. The lowest BCUT2D eigenvalue weighted by molar-refractivity contribution is -0.144. The Morgan fingerprint density at radius 1 is 1.43 bits per heavy atom. The maximum atomic E-state index is 13.8. The third-order valence-electron chi connectivity index (χ3n) is 4.91. The number of carbonyl (C=O) groups is 1. The highest BCUT2D eigenvalue weighted by molar-refractivity contribution is 5.72. The van der Waals surface area contributed by atoms with Crippen LogP contribution in [0.1, 0.15) is 30.4 Å². The van der Waals surface area contributed by atoms with Crippen molar-refractivity contribution in [2.24, 2.45) is 17.8 Å². The van der Waals surface area contributed by atoms with Gasteiger partial charge >= 0.3 is 5.97 Å². The molecule has 1 aromatic rings. The number of nitrogens with zero attached hydrogens (tertiary/aromatic N) is 1. The minimum absolute atomic E-state index is 0.0729. The van der Waals surface area contributed by atoms with Crippen molar-refractivity contribution >= 4 is 5.97 Å². The van der Waals surface area contributed by atoms with Crippen LogP contribution < -0.4 is 5.32 Å². The molecule has 0 radical (unpaired) electrons. The summed E-state index contributed by atoms with van der Waals surface area (Å²) in [6.07, 6.45) is 3.01. The van der Waals surface area contributed by atoms with Crippen molar-refractivity contribution in [2.45, 2.75) is 31.8 Å². The number of fused-ring (bicyclic) bond motifs is 2. The van der Waals surface area contributed by atoms with E-state index in [0.717, 1.165) is 19.3 Å². The van der Waals surface area contributed by atoms with Gasteiger partial charge in [0.15, 0.2) is 0 Å². The molecule has 2 saturated carbocycles. The Kier molecular flexibility index (Phi) is 3.64. The van der Waals surface area contributed by atoms with Crippen molar-refractivity contribution in [2.75, 3.05) is 0 Å². The number of aliphatic carboxylic acids is 1. The molecule has 0 spiro atoms. The first-order chi connectivity index (χ1) is 10.1. The molecule has 0 heterocycles. The molecule has 2 aliphatic carbocycles. The van der Waals surface area contributed by atoms with Crippen molar-refractivity contribution in [3.63, 3.8) is 0 Å². The van der Waals surface area contributed by atoms with Crippen LogP contribution in [0.4, 0.5) is 4.39 Å². The highest BCUT2D eigenvalue weighted by atomic mass is 19.1. The monoisotopic (exact) mass is 288 g/mol. The number of rotatable bonds is 4. The van der Waals surface area contributed by atoms with E-state index in [-0.39, 0.29) is 17.9 Å². The first kappa shape index (κ1) is 14.0. The molecule has 4 nitrogen and oxygen atoms in total. The molecule has 1 aromatic carbocycles. The average Bonchev–Trinajstić information content (AvgIpc) is 3.06. The van der Waals surface area contributed by atoms with Gasteiger partial charge in [0.25, 0.3) is 0 Å². The van der Waals surface area contributed by atoms with Crippen LogP contribution in [0.25, 0.3) is 0 Å². The van der Waals surface area contributed by atoms with Crippen molar-refractivity contribution in [1.29, 1.82) is 5.26 Å².